The molecule has 1 atom stereocenters. The Labute approximate surface area is 155 Å². The van der Waals surface area contributed by atoms with Gasteiger partial charge in [0.05, 0.1) is 7.11 Å². The first-order valence-corrected chi connectivity index (χ1v) is 8.82. The molecule has 0 N–H and O–H groups in total. The number of ether oxygens (including phenoxy) is 3. The third-order valence-corrected chi connectivity index (χ3v) is 3.84. The van der Waals surface area contributed by atoms with Gasteiger partial charge in [-0.05, 0) is 47.9 Å². The largest absolute Gasteiger partial charge is 0.497 e. The standard InChI is InChI=1S/C22H26O4/c1-4-5-22(26-17(2)23)15-8-18-6-13-21(14-7-18)25-16-19-9-11-20(24-3)12-10-19/h6-15,22H,4-5,16H2,1-3H3/b15-8+/t22-/m1/s1. The maximum absolute atomic E-state index is 11.1. The van der Waals surface area contributed by atoms with Crippen molar-refractivity contribution in [2.75, 3.05) is 7.11 Å². The fourth-order valence-corrected chi connectivity index (χ4v) is 2.47. The lowest BCUT2D eigenvalue weighted by Crippen LogP contribution is -2.13. The summed E-state index contributed by atoms with van der Waals surface area (Å²) in [7, 11) is 1.65. The molecule has 0 unspecified atom stereocenters. The second-order valence-corrected chi connectivity index (χ2v) is 6.00. The van der Waals surface area contributed by atoms with Crippen LogP contribution in [0.3, 0.4) is 0 Å². The van der Waals surface area contributed by atoms with Gasteiger partial charge in [0.15, 0.2) is 0 Å². The molecule has 0 bridgehead atoms. The van der Waals surface area contributed by atoms with Gasteiger partial charge in [0.2, 0.25) is 0 Å². The lowest BCUT2D eigenvalue weighted by atomic mass is 10.1. The van der Waals surface area contributed by atoms with Gasteiger partial charge in [-0.25, -0.2) is 0 Å². The Balaban J connectivity index is 1.90. The molecule has 0 aliphatic heterocycles. The third-order valence-electron chi connectivity index (χ3n) is 3.84. The Morgan fingerprint density at radius 3 is 2.27 bits per heavy atom. The van der Waals surface area contributed by atoms with Gasteiger partial charge in [0.25, 0.3) is 0 Å². The van der Waals surface area contributed by atoms with Gasteiger partial charge in [-0.15, -0.1) is 0 Å². The van der Waals surface area contributed by atoms with Crippen LogP contribution in [-0.2, 0) is 16.1 Å². The number of esters is 1. The Kier molecular flexibility index (Phi) is 7.75. The summed E-state index contributed by atoms with van der Waals surface area (Å²) in [5, 5.41) is 0. The highest BCUT2D eigenvalue weighted by molar-refractivity contribution is 5.66. The quantitative estimate of drug-likeness (QED) is 0.593. The van der Waals surface area contributed by atoms with Crippen molar-refractivity contribution in [3.05, 3.63) is 65.7 Å². The lowest BCUT2D eigenvalue weighted by molar-refractivity contribution is -0.144. The van der Waals surface area contributed by atoms with Crippen LogP contribution in [0.15, 0.2) is 54.6 Å². The summed E-state index contributed by atoms with van der Waals surface area (Å²) in [5.74, 6) is 1.39. The summed E-state index contributed by atoms with van der Waals surface area (Å²) in [5.41, 5.74) is 2.12. The molecule has 2 rings (SSSR count). The summed E-state index contributed by atoms with van der Waals surface area (Å²) in [6, 6.07) is 15.6. The summed E-state index contributed by atoms with van der Waals surface area (Å²) < 4.78 is 16.2. The summed E-state index contributed by atoms with van der Waals surface area (Å²) >= 11 is 0. The molecule has 0 radical (unpaired) electrons. The van der Waals surface area contributed by atoms with E-state index >= 15 is 0 Å². The SMILES string of the molecule is CCC[C@H](/C=C/c1ccc(OCc2ccc(OC)cc2)cc1)OC(C)=O. The first kappa shape index (κ1) is 19.6. The molecule has 0 heterocycles. The minimum Gasteiger partial charge on any atom is -0.497 e. The van der Waals surface area contributed by atoms with E-state index in [0.29, 0.717) is 6.61 Å². The van der Waals surface area contributed by atoms with Crippen LogP contribution in [-0.4, -0.2) is 19.2 Å². The Morgan fingerprint density at radius 1 is 1.04 bits per heavy atom. The molecule has 0 amide bonds. The first-order valence-electron chi connectivity index (χ1n) is 8.82. The Bertz CT molecular complexity index is 702. The molecule has 2 aromatic carbocycles. The molecule has 4 nitrogen and oxygen atoms in total. The van der Waals surface area contributed by atoms with E-state index in [1.165, 1.54) is 6.92 Å². The van der Waals surface area contributed by atoms with Crippen molar-refractivity contribution in [3.8, 4) is 11.5 Å². The number of benzene rings is 2. The number of hydrogen-bond donors (Lipinski definition) is 0. The zero-order valence-corrected chi connectivity index (χ0v) is 15.6. The second kappa shape index (κ2) is 10.3. The van der Waals surface area contributed by atoms with E-state index in [-0.39, 0.29) is 12.1 Å². The van der Waals surface area contributed by atoms with Gasteiger partial charge in [-0.2, -0.15) is 0 Å². The van der Waals surface area contributed by atoms with Crippen molar-refractivity contribution in [1.29, 1.82) is 0 Å². The predicted octanol–water partition coefficient (Wildman–Crippen LogP) is 5.02. The molecule has 0 fully saturated rings. The van der Waals surface area contributed by atoms with E-state index in [2.05, 4.69) is 6.92 Å². The minimum absolute atomic E-state index is 0.177. The highest BCUT2D eigenvalue weighted by Gasteiger charge is 2.06. The fraction of sp³-hybridized carbons (Fsp3) is 0.318. The van der Waals surface area contributed by atoms with E-state index < -0.39 is 0 Å². The molecule has 4 heteroatoms. The van der Waals surface area contributed by atoms with E-state index in [4.69, 9.17) is 14.2 Å². The molecule has 0 aliphatic carbocycles. The zero-order valence-electron chi connectivity index (χ0n) is 15.6. The van der Waals surface area contributed by atoms with Crippen molar-refractivity contribution < 1.29 is 19.0 Å². The topological polar surface area (TPSA) is 44.8 Å². The molecule has 26 heavy (non-hydrogen) atoms. The van der Waals surface area contributed by atoms with Gasteiger partial charge in [-0.1, -0.05) is 43.7 Å². The summed E-state index contributed by atoms with van der Waals surface area (Å²) in [6.45, 7) is 4.01. The first-order chi connectivity index (χ1) is 12.6. The number of hydrogen-bond acceptors (Lipinski definition) is 4. The average molecular weight is 354 g/mol. The molecule has 0 aliphatic rings. The van der Waals surface area contributed by atoms with Gasteiger partial charge in [-0.3, -0.25) is 4.79 Å². The maximum Gasteiger partial charge on any atom is 0.303 e. The highest BCUT2D eigenvalue weighted by Crippen LogP contribution is 2.17. The van der Waals surface area contributed by atoms with E-state index in [0.717, 1.165) is 35.5 Å². The van der Waals surface area contributed by atoms with Crippen LogP contribution >= 0.6 is 0 Å². The fourth-order valence-electron chi connectivity index (χ4n) is 2.47. The van der Waals surface area contributed by atoms with Crippen molar-refractivity contribution >= 4 is 12.0 Å². The minimum atomic E-state index is -0.254. The van der Waals surface area contributed by atoms with Gasteiger partial charge in [0, 0.05) is 6.92 Å². The number of methoxy groups -OCH3 is 1. The van der Waals surface area contributed by atoms with Crippen LogP contribution < -0.4 is 9.47 Å². The second-order valence-electron chi connectivity index (χ2n) is 6.00. The Hall–Kier alpha value is -2.75. The molecule has 0 saturated carbocycles. The normalized spacial score (nSPS) is 12.0. The van der Waals surface area contributed by atoms with Crippen LogP contribution in [0.2, 0.25) is 0 Å². The van der Waals surface area contributed by atoms with Crippen molar-refractivity contribution in [2.24, 2.45) is 0 Å². The molecule has 0 aromatic heterocycles. The van der Waals surface area contributed by atoms with Crippen LogP contribution in [0.5, 0.6) is 11.5 Å². The molecule has 0 saturated heterocycles. The van der Waals surface area contributed by atoms with E-state index in [9.17, 15) is 4.79 Å². The molecule has 2 aromatic rings. The monoisotopic (exact) mass is 354 g/mol. The van der Waals surface area contributed by atoms with Crippen LogP contribution in [0.4, 0.5) is 0 Å². The van der Waals surface area contributed by atoms with Crippen LogP contribution in [0.25, 0.3) is 6.08 Å². The van der Waals surface area contributed by atoms with Gasteiger partial charge < -0.3 is 14.2 Å². The molecule has 0 spiro atoms. The molecular formula is C22H26O4. The maximum atomic E-state index is 11.1. The average Bonchev–Trinajstić information content (AvgIpc) is 2.65. The predicted molar refractivity (Wildman–Crippen MR) is 103 cm³/mol. The van der Waals surface area contributed by atoms with Gasteiger partial charge in [0.1, 0.15) is 24.2 Å². The van der Waals surface area contributed by atoms with Gasteiger partial charge >= 0.3 is 5.97 Å². The summed E-state index contributed by atoms with van der Waals surface area (Å²) in [4.78, 5) is 11.1. The van der Waals surface area contributed by atoms with E-state index in [1.54, 1.807) is 7.11 Å². The number of carbonyl (C=O) groups is 1. The Morgan fingerprint density at radius 2 is 1.69 bits per heavy atom. The highest BCUT2D eigenvalue weighted by atomic mass is 16.5. The van der Waals surface area contributed by atoms with E-state index in [1.807, 2.05) is 60.7 Å². The third kappa shape index (κ3) is 6.63. The summed E-state index contributed by atoms with van der Waals surface area (Å²) in [6.07, 6.45) is 5.50. The smallest absolute Gasteiger partial charge is 0.303 e. The van der Waals surface area contributed by atoms with Crippen molar-refractivity contribution in [1.82, 2.24) is 0 Å². The number of rotatable bonds is 9. The molecule has 138 valence electrons. The molecular weight excluding hydrogens is 328 g/mol. The van der Waals surface area contributed by atoms with Crippen molar-refractivity contribution in [2.45, 2.75) is 39.4 Å². The van der Waals surface area contributed by atoms with Crippen LogP contribution in [0, 0.1) is 0 Å². The zero-order chi connectivity index (χ0) is 18.8. The number of carbonyl (C=O) groups excluding carboxylic acids is 1. The van der Waals surface area contributed by atoms with Crippen LogP contribution in [0.1, 0.15) is 37.8 Å². The van der Waals surface area contributed by atoms with Crippen molar-refractivity contribution in [3.63, 3.8) is 0 Å². The lowest BCUT2D eigenvalue weighted by Gasteiger charge is -2.11.